The van der Waals surface area contributed by atoms with Crippen LogP contribution >= 0.6 is 0 Å². The molecule has 31 nitrogen and oxygen atoms in total. The average molecular weight is 991 g/mol. The molecule has 0 spiro atoms. The predicted molar refractivity (Wildman–Crippen MR) is 200 cm³/mol. The molecule has 5 heterocycles. The van der Waals surface area contributed by atoms with Crippen molar-refractivity contribution in [2.45, 2.75) is 178 Å². The molecule has 5 fully saturated rings. The van der Waals surface area contributed by atoms with Crippen LogP contribution in [0, 0.1) is 0 Å². The summed E-state index contributed by atoms with van der Waals surface area (Å²) in [6.07, 6.45) is -56.8. The third kappa shape index (κ3) is 12.1. The lowest BCUT2D eigenvalue weighted by atomic mass is 9.95. The lowest BCUT2D eigenvalue weighted by molar-refractivity contribution is -0.394. The fourth-order valence-corrected chi connectivity index (χ4v) is 8.06. The summed E-state index contributed by atoms with van der Waals surface area (Å²) in [6.45, 7) is -6.01. The minimum absolute atomic E-state index is 0.124. The maximum Gasteiger partial charge on any atom is 0.187 e. The third-order valence-corrected chi connectivity index (χ3v) is 12.0. The van der Waals surface area contributed by atoms with E-state index in [1.807, 2.05) is 0 Å². The van der Waals surface area contributed by atoms with E-state index in [0.717, 1.165) is 0 Å². The lowest BCUT2D eigenvalue weighted by Crippen LogP contribution is -2.68. The van der Waals surface area contributed by atoms with Gasteiger partial charge in [-0.15, -0.1) is 0 Å². The van der Waals surface area contributed by atoms with Crippen LogP contribution in [0.2, 0.25) is 0 Å². The highest BCUT2D eigenvalue weighted by atomic mass is 16.8. The molecule has 0 aromatic carbocycles. The molecule has 0 bridgehead atoms. The zero-order valence-corrected chi connectivity index (χ0v) is 35.0. The number of carbonyl (C=O) groups excluding carboxylic acids is 1. The normalized spacial score (nSPS) is 48.3. The van der Waals surface area contributed by atoms with Gasteiger partial charge in [-0.25, -0.2) is 0 Å². The molecular formula is C36H62O31. The Morgan fingerprint density at radius 3 is 0.970 bits per heavy atom. The van der Waals surface area contributed by atoms with Gasteiger partial charge in [0.1, 0.15) is 146 Å². The van der Waals surface area contributed by atoms with Crippen LogP contribution in [0.25, 0.3) is 0 Å². The standard InChI is InChI=1S/C36H62O31/c37-1-8(44)15(46)27(9(45)2-38)63-33-23(54)18(49)29(11(4-40)59-33)65-35-25(56)20(51)31(13(6-42)61-35)67-36-26(57)21(52)30(14(7-43)62-36)66-34-24(55)19(50)28(12(5-41)60-34)64-32-22(53)17(48)16(47)10(3-39)58-32/h1,8-36,38-57H,2-7H2/t8-,9+,10+,11+,12+,13+,14+,15+,16+,17-,18+,19+,20+,21+,22+,23+,24+,25+,26+,27-,28+,29+,30+,31+,32+,33+,34+,35+,36+/m0/s1. The van der Waals surface area contributed by atoms with Crippen molar-refractivity contribution in [2.75, 3.05) is 39.6 Å². The van der Waals surface area contributed by atoms with Crippen molar-refractivity contribution >= 4 is 6.29 Å². The summed E-state index contributed by atoms with van der Waals surface area (Å²) in [5, 5.41) is 208. The Labute approximate surface area is 378 Å². The first-order chi connectivity index (χ1) is 31.7. The first-order valence-electron chi connectivity index (χ1n) is 20.9. The van der Waals surface area contributed by atoms with E-state index in [4.69, 9.17) is 47.4 Å². The van der Waals surface area contributed by atoms with Crippen molar-refractivity contribution in [1.29, 1.82) is 0 Å². The maximum atomic E-state index is 11.2. The zero-order chi connectivity index (χ0) is 49.8. The summed E-state index contributed by atoms with van der Waals surface area (Å²) in [4.78, 5) is 11.0. The number of carbonyl (C=O) groups is 1. The number of aldehydes is 1. The predicted octanol–water partition coefficient (Wildman–Crippen LogP) is -14.3. The second-order valence-corrected chi connectivity index (χ2v) is 16.4. The highest BCUT2D eigenvalue weighted by Crippen LogP contribution is 2.36. The molecule has 31 heteroatoms. The van der Waals surface area contributed by atoms with E-state index in [1.54, 1.807) is 0 Å². The SMILES string of the molecule is O=C[C@H](O)[C@@H](O)[C@@H](O[C@H]1O[C@H](CO)[C@@H](O[C@H]2O[C@H](CO)[C@@H](O[C@H]3O[C@H](CO)[C@@H](O[C@H]4O[C@H](CO)[C@@H](O[C@H]5O[C@H](CO)[C@@H](O)[C@H](O)[C@H]5O)[C@H](O)[C@H]4O)[C@H](O)[C@H]3O)[C@H](O)[C@H]2O)[C@H](O)[C@H]1O)[C@H](O)CO. The molecule has 5 saturated heterocycles. The quantitative estimate of drug-likeness (QED) is 0.0504. The van der Waals surface area contributed by atoms with Crippen LogP contribution in [0.15, 0.2) is 0 Å². The van der Waals surface area contributed by atoms with Crippen molar-refractivity contribution in [3.8, 4) is 0 Å². The third-order valence-electron chi connectivity index (χ3n) is 12.0. The Hall–Kier alpha value is -1.53. The van der Waals surface area contributed by atoms with E-state index in [2.05, 4.69) is 0 Å². The fraction of sp³-hybridized carbons (Fsp3) is 0.972. The molecule has 29 atom stereocenters. The van der Waals surface area contributed by atoms with Gasteiger partial charge in [0.2, 0.25) is 0 Å². The van der Waals surface area contributed by atoms with Gasteiger partial charge in [0.15, 0.2) is 37.7 Å². The van der Waals surface area contributed by atoms with Crippen LogP contribution in [0.4, 0.5) is 0 Å². The molecular weight excluding hydrogens is 928 g/mol. The zero-order valence-electron chi connectivity index (χ0n) is 35.0. The van der Waals surface area contributed by atoms with E-state index in [1.165, 1.54) is 0 Å². The van der Waals surface area contributed by atoms with Crippen molar-refractivity contribution in [3.05, 3.63) is 0 Å². The van der Waals surface area contributed by atoms with Crippen molar-refractivity contribution in [2.24, 2.45) is 0 Å². The molecule has 0 saturated carbocycles. The molecule has 5 aliphatic rings. The van der Waals surface area contributed by atoms with Crippen molar-refractivity contribution in [1.82, 2.24) is 0 Å². The first-order valence-corrected chi connectivity index (χ1v) is 20.9. The molecule has 0 radical (unpaired) electrons. The van der Waals surface area contributed by atoms with E-state index >= 15 is 0 Å². The van der Waals surface area contributed by atoms with E-state index < -0.39 is 218 Å². The van der Waals surface area contributed by atoms with Crippen LogP contribution in [0.5, 0.6) is 0 Å². The lowest BCUT2D eigenvalue weighted by Gasteiger charge is -2.49. The summed E-state index contributed by atoms with van der Waals surface area (Å²) in [7, 11) is 0. The Kier molecular flexibility index (Phi) is 20.8. The number of aliphatic hydroxyl groups is 20. The van der Waals surface area contributed by atoms with E-state index in [0.29, 0.717) is 0 Å². The van der Waals surface area contributed by atoms with Crippen LogP contribution in [-0.2, 0) is 52.2 Å². The van der Waals surface area contributed by atoms with Gasteiger partial charge in [0.25, 0.3) is 0 Å². The molecule has 0 amide bonds. The summed E-state index contributed by atoms with van der Waals surface area (Å²) in [5.74, 6) is 0. The smallest absolute Gasteiger partial charge is 0.187 e. The Balaban J connectivity index is 1.22. The van der Waals surface area contributed by atoms with Crippen molar-refractivity contribution < 1.29 is 154 Å². The Bertz CT molecular complexity index is 1480. The molecule has 5 rings (SSSR count). The summed E-state index contributed by atoms with van der Waals surface area (Å²) < 4.78 is 55.0. The van der Waals surface area contributed by atoms with Gasteiger partial charge in [-0.1, -0.05) is 0 Å². The van der Waals surface area contributed by atoms with Gasteiger partial charge in [-0.3, -0.25) is 0 Å². The highest BCUT2D eigenvalue weighted by molar-refractivity contribution is 5.56. The van der Waals surface area contributed by atoms with Gasteiger partial charge in [-0.2, -0.15) is 0 Å². The largest absolute Gasteiger partial charge is 0.394 e. The summed E-state index contributed by atoms with van der Waals surface area (Å²) >= 11 is 0. The molecule has 20 N–H and O–H groups in total. The Morgan fingerprint density at radius 1 is 0.388 bits per heavy atom. The van der Waals surface area contributed by atoms with Crippen LogP contribution in [-0.4, -0.2) is 326 Å². The first kappa shape index (κ1) is 56.4. The monoisotopic (exact) mass is 990 g/mol. The van der Waals surface area contributed by atoms with Crippen molar-refractivity contribution in [3.63, 3.8) is 0 Å². The number of ether oxygens (including phenoxy) is 10. The second-order valence-electron chi connectivity index (χ2n) is 16.4. The van der Waals surface area contributed by atoms with Crippen LogP contribution in [0.1, 0.15) is 0 Å². The van der Waals surface area contributed by atoms with Gasteiger partial charge in [0.05, 0.1) is 39.6 Å². The number of hydrogen-bond donors (Lipinski definition) is 20. The maximum absolute atomic E-state index is 11.2. The van der Waals surface area contributed by atoms with E-state index in [-0.39, 0.29) is 6.29 Å². The van der Waals surface area contributed by atoms with Gasteiger partial charge >= 0.3 is 0 Å². The summed E-state index contributed by atoms with van der Waals surface area (Å²) in [6, 6.07) is 0. The minimum atomic E-state index is -2.20. The van der Waals surface area contributed by atoms with Gasteiger partial charge in [0, 0.05) is 0 Å². The molecule has 0 unspecified atom stereocenters. The molecule has 0 aliphatic carbocycles. The Morgan fingerprint density at radius 2 is 0.672 bits per heavy atom. The number of rotatable bonds is 20. The summed E-state index contributed by atoms with van der Waals surface area (Å²) in [5.41, 5.74) is 0. The molecule has 67 heavy (non-hydrogen) atoms. The average Bonchev–Trinajstić information content (AvgIpc) is 3.33. The number of hydrogen-bond acceptors (Lipinski definition) is 31. The highest BCUT2D eigenvalue weighted by Gasteiger charge is 2.57. The van der Waals surface area contributed by atoms with Gasteiger partial charge in [-0.05, 0) is 0 Å². The second kappa shape index (κ2) is 24.7. The molecule has 0 aromatic rings. The molecule has 5 aliphatic heterocycles. The molecule has 392 valence electrons. The molecule has 0 aromatic heterocycles. The number of aliphatic hydroxyl groups excluding tert-OH is 20. The minimum Gasteiger partial charge on any atom is -0.394 e. The van der Waals surface area contributed by atoms with Crippen LogP contribution in [0.3, 0.4) is 0 Å². The van der Waals surface area contributed by atoms with Gasteiger partial charge < -0.3 is 154 Å². The van der Waals surface area contributed by atoms with Crippen LogP contribution < -0.4 is 0 Å². The van der Waals surface area contributed by atoms with E-state index in [9.17, 15) is 107 Å². The topological polar surface area (TPSA) is 514 Å². The fourth-order valence-electron chi connectivity index (χ4n) is 8.06.